The van der Waals surface area contributed by atoms with E-state index in [-0.39, 0.29) is 0 Å². The van der Waals surface area contributed by atoms with Gasteiger partial charge < -0.3 is 5.11 Å². The maximum Gasteiger partial charge on any atom is 0.141 e. The molecule has 0 aromatic rings. The Balaban J connectivity index is 4.24. The van der Waals surface area contributed by atoms with Gasteiger partial charge in [0.1, 0.15) is 6.17 Å². The summed E-state index contributed by atoms with van der Waals surface area (Å²) in [6.07, 6.45) is -2.00. The largest absolute Gasteiger partial charge is 0.393 e. The van der Waals surface area contributed by atoms with Crippen LogP contribution in [0.5, 0.6) is 0 Å². The lowest BCUT2D eigenvalue weighted by molar-refractivity contribution is 0.166. The molecule has 0 aromatic carbocycles. The van der Waals surface area contributed by atoms with Crippen molar-refractivity contribution in [2.75, 3.05) is 0 Å². The molecule has 10 heavy (non-hydrogen) atoms. The Labute approximate surface area is 56.5 Å². The van der Waals surface area contributed by atoms with Gasteiger partial charge in [0.25, 0.3) is 0 Å². The molecule has 7 nitrogen and oxygen atoms in total. The third kappa shape index (κ3) is 2.78. The zero-order chi connectivity index (χ0) is 7.98. The van der Waals surface area contributed by atoms with Crippen molar-refractivity contribution in [1.82, 2.24) is 0 Å². The summed E-state index contributed by atoms with van der Waals surface area (Å²) >= 11 is 0. The minimum atomic E-state index is -1.05. The molecule has 0 aliphatic heterocycles. The minimum absolute atomic E-state index is 0.952. The Morgan fingerprint density at radius 2 is 1.70 bits per heavy atom. The molecule has 1 N–H and O–H groups in total. The number of aliphatic hydroxyl groups is 1. The summed E-state index contributed by atoms with van der Waals surface area (Å²) in [5.41, 5.74) is 15.8. The Hall–Kier alpha value is -1.42. The van der Waals surface area contributed by atoms with Crippen molar-refractivity contribution >= 4 is 0 Å². The Morgan fingerprint density at radius 3 is 1.90 bits per heavy atom. The van der Waals surface area contributed by atoms with E-state index >= 15 is 0 Å². The van der Waals surface area contributed by atoms with Gasteiger partial charge in [-0.2, -0.15) is 0 Å². The van der Waals surface area contributed by atoms with Crippen molar-refractivity contribution in [2.45, 2.75) is 19.2 Å². The van der Waals surface area contributed by atoms with Crippen molar-refractivity contribution in [3.05, 3.63) is 20.9 Å². The van der Waals surface area contributed by atoms with Gasteiger partial charge in [0, 0.05) is 9.82 Å². The summed E-state index contributed by atoms with van der Waals surface area (Å²) in [6.45, 7) is 1.37. The first-order valence-electron chi connectivity index (χ1n) is 2.49. The second-order valence-corrected chi connectivity index (χ2v) is 1.56. The predicted molar refractivity (Wildman–Crippen MR) is 33.8 cm³/mol. The van der Waals surface area contributed by atoms with Crippen molar-refractivity contribution in [3.8, 4) is 0 Å². The van der Waals surface area contributed by atoms with Crippen molar-refractivity contribution in [1.29, 1.82) is 0 Å². The SMILES string of the molecule is CC(O)C(N=[N+]=[N-])N=[N+]=[N-]. The van der Waals surface area contributed by atoms with Gasteiger partial charge in [0.2, 0.25) is 0 Å². The number of hydrogen-bond donors (Lipinski definition) is 1. The van der Waals surface area contributed by atoms with Gasteiger partial charge in [-0.15, -0.1) is 0 Å². The Bertz CT molecular complexity index is 169. The summed E-state index contributed by atoms with van der Waals surface area (Å²) in [7, 11) is 0. The minimum Gasteiger partial charge on any atom is -0.393 e. The van der Waals surface area contributed by atoms with Crippen LogP contribution in [0, 0.1) is 0 Å². The maximum absolute atomic E-state index is 8.74. The fourth-order valence-corrected chi connectivity index (χ4v) is 0.322. The van der Waals surface area contributed by atoms with Gasteiger partial charge in [0.15, 0.2) is 0 Å². The van der Waals surface area contributed by atoms with Gasteiger partial charge in [-0.05, 0) is 18.0 Å². The highest BCUT2D eigenvalue weighted by atomic mass is 16.3. The molecule has 54 valence electrons. The normalized spacial score (nSPS) is 14.2. The monoisotopic (exact) mass is 142 g/mol. The van der Waals surface area contributed by atoms with Crippen LogP contribution in [0.4, 0.5) is 0 Å². The molecule has 1 unspecified atom stereocenters. The number of rotatable bonds is 3. The summed E-state index contributed by atoms with van der Waals surface area (Å²) in [5, 5.41) is 14.8. The third-order valence-electron chi connectivity index (χ3n) is 0.771. The van der Waals surface area contributed by atoms with Gasteiger partial charge in [0.05, 0.1) is 6.10 Å². The van der Waals surface area contributed by atoms with E-state index in [1.807, 2.05) is 0 Å². The highest BCUT2D eigenvalue weighted by Gasteiger charge is 2.08. The number of aliphatic hydroxyl groups excluding tert-OH is 1. The lowest BCUT2D eigenvalue weighted by atomic mass is 10.3. The van der Waals surface area contributed by atoms with Crippen LogP contribution >= 0.6 is 0 Å². The molecule has 0 amide bonds. The van der Waals surface area contributed by atoms with Crippen LogP contribution < -0.4 is 0 Å². The van der Waals surface area contributed by atoms with Crippen LogP contribution in [0.25, 0.3) is 20.9 Å². The van der Waals surface area contributed by atoms with Crippen LogP contribution in [0.1, 0.15) is 6.92 Å². The third-order valence-corrected chi connectivity index (χ3v) is 0.771. The number of azide groups is 1. The Kier molecular flexibility index (Phi) is 3.83. The second kappa shape index (κ2) is 4.46. The van der Waals surface area contributed by atoms with Gasteiger partial charge in [-0.3, -0.25) is 0 Å². The van der Waals surface area contributed by atoms with E-state index in [4.69, 9.17) is 16.2 Å². The van der Waals surface area contributed by atoms with E-state index in [1.54, 1.807) is 0 Å². The maximum atomic E-state index is 8.74. The van der Waals surface area contributed by atoms with Crippen LogP contribution in [0.2, 0.25) is 0 Å². The molecule has 0 aromatic heterocycles. The smallest absolute Gasteiger partial charge is 0.141 e. The van der Waals surface area contributed by atoms with Gasteiger partial charge in [-0.1, -0.05) is 10.2 Å². The molecule has 0 radical (unpaired) electrons. The molecule has 0 saturated heterocycles. The molecule has 0 bridgehead atoms. The van der Waals surface area contributed by atoms with Crippen molar-refractivity contribution in [3.63, 3.8) is 0 Å². The predicted octanol–water partition coefficient (Wildman–Crippen LogP) is 1.31. The molecule has 0 rings (SSSR count). The number of nitrogens with zero attached hydrogens (tertiary/aromatic N) is 6. The quantitative estimate of drug-likeness (QED) is 0.356. The van der Waals surface area contributed by atoms with Gasteiger partial charge >= 0.3 is 0 Å². The summed E-state index contributed by atoms with van der Waals surface area (Å²) < 4.78 is 0. The average Bonchev–Trinajstić information content (AvgIpc) is 1.87. The average molecular weight is 142 g/mol. The van der Waals surface area contributed by atoms with Crippen LogP contribution in [-0.2, 0) is 0 Å². The molecule has 7 heteroatoms. The summed E-state index contributed by atoms with van der Waals surface area (Å²) in [4.78, 5) is 4.75. The van der Waals surface area contributed by atoms with Crippen LogP contribution in [0.3, 0.4) is 0 Å². The molecular formula is C3H6N6O. The first kappa shape index (κ1) is 8.58. The zero-order valence-corrected chi connectivity index (χ0v) is 5.29. The molecular weight excluding hydrogens is 136 g/mol. The van der Waals surface area contributed by atoms with Gasteiger partial charge in [-0.25, -0.2) is 0 Å². The molecule has 1 atom stereocenters. The standard InChI is InChI=1S/C3H6N6O/c1-2(10)3(6-8-4)7-9-5/h2-3,10H,1H3. The first-order chi connectivity index (χ1) is 4.72. The van der Waals surface area contributed by atoms with Crippen molar-refractivity contribution < 1.29 is 5.11 Å². The first-order valence-corrected chi connectivity index (χ1v) is 2.49. The highest BCUT2D eigenvalue weighted by molar-refractivity contribution is 4.69. The zero-order valence-electron chi connectivity index (χ0n) is 5.29. The molecule has 0 fully saturated rings. The van der Waals surface area contributed by atoms with Crippen LogP contribution in [0.15, 0.2) is 10.2 Å². The summed E-state index contributed by atoms with van der Waals surface area (Å²) in [5.74, 6) is 0. The lowest BCUT2D eigenvalue weighted by Crippen LogP contribution is -2.16. The van der Waals surface area contributed by atoms with Crippen LogP contribution in [-0.4, -0.2) is 17.4 Å². The van der Waals surface area contributed by atoms with E-state index in [2.05, 4.69) is 20.1 Å². The lowest BCUT2D eigenvalue weighted by Gasteiger charge is -2.04. The topological polar surface area (TPSA) is 118 Å². The number of hydrogen-bond acceptors (Lipinski definition) is 3. The fourth-order valence-electron chi connectivity index (χ4n) is 0.322. The molecule has 0 saturated carbocycles. The van der Waals surface area contributed by atoms with Crippen molar-refractivity contribution in [2.24, 2.45) is 10.2 Å². The van der Waals surface area contributed by atoms with E-state index < -0.39 is 12.3 Å². The summed E-state index contributed by atoms with van der Waals surface area (Å²) in [6, 6.07) is 0. The van der Waals surface area contributed by atoms with E-state index in [9.17, 15) is 0 Å². The molecule has 0 heterocycles. The molecule has 0 aliphatic carbocycles. The molecule has 0 spiro atoms. The fraction of sp³-hybridized carbons (Fsp3) is 1.00. The highest BCUT2D eigenvalue weighted by Crippen LogP contribution is 2.00. The molecule has 0 aliphatic rings. The Morgan fingerprint density at radius 1 is 1.30 bits per heavy atom. The van der Waals surface area contributed by atoms with E-state index in [0.29, 0.717) is 0 Å². The second-order valence-electron chi connectivity index (χ2n) is 1.56. The van der Waals surface area contributed by atoms with E-state index in [1.165, 1.54) is 6.92 Å². The van der Waals surface area contributed by atoms with E-state index in [0.717, 1.165) is 0 Å².